The minimum absolute atomic E-state index is 0.0363. The number of amides is 1. The van der Waals surface area contributed by atoms with Crippen LogP contribution in [-0.2, 0) is 4.79 Å². The molecule has 3 rings (SSSR count). The molecule has 0 saturated carbocycles. The van der Waals surface area contributed by atoms with Gasteiger partial charge in [0.05, 0.1) is 18.3 Å². The first kappa shape index (κ1) is 17.6. The minimum Gasteiger partial charge on any atom is -0.376 e. The molecule has 1 aromatic heterocycles. The lowest BCUT2D eigenvalue weighted by Crippen LogP contribution is -2.32. The van der Waals surface area contributed by atoms with Crippen LogP contribution in [0.4, 0.5) is 5.69 Å². The molecule has 0 aliphatic rings. The van der Waals surface area contributed by atoms with Gasteiger partial charge in [0.25, 0.3) is 0 Å². The molecule has 26 heavy (non-hydrogen) atoms. The molecule has 3 aromatic rings. The Balaban J connectivity index is 1.52. The van der Waals surface area contributed by atoms with Crippen molar-refractivity contribution in [3.05, 3.63) is 65.5 Å². The highest BCUT2D eigenvalue weighted by molar-refractivity contribution is 5.81. The number of aryl methyl sites for hydroxylation is 2. The van der Waals surface area contributed by atoms with Crippen LogP contribution in [0.15, 0.2) is 48.8 Å². The van der Waals surface area contributed by atoms with Gasteiger partial charge >= 0.3 is 0 Å². The summed E-state index contributed by atoms with van der Waals surface area (Å²) >= 11 is 0. The number of hydrogen-bond donors (Lipinski definition) is 2. The molecule has 7 nitrogen and oxygen atoms in total. The van der Waals surface area contributed by atoms with Crippen LogP contribution >= 0.6 is 0 Å². The van der Waals surface area contributed by atoms with Crippen molar-refractivity contribution < 1.29 is 4.79 Å². The van der Waals surface area contributed by atoms with E-state index in [4.69, 9.17) is 0 Å². The van der Waals surface area contributed by atoms with E-state index < -0.39 is 0 Å². The Morgan fingerprint density at radius 2 is 1.88 bits per heavy atom. The highest BCUT2D eigenvalue weighted by atomic mass is 16.1. The second kappa shape index (κ2) is 7.77. The van der Waals surface area contributed by atoms with Gasteiger partial charge < -0.3 is 10.6 Å². The zero-order valence-corrected chi connectivity index (χ0v) is 15.1. The first-order valence-electron chi connectivity index (χ1n) is 8.47. The van der Waals surface area contributed by atoms with Crippen molar-refractivity contribution in [1.29, 1.82) is 0 Å². The summed E-state index contributed by atoms with van der Waals surface area (Å²) in [6, 6.07) is 13.8. The van der Waals surface area contributed by atoms with E-state index in [1.165, 1.54) is 17.5 Å². The maximum Gasteiger partial charge on any atom is 0.239 e. The van der Waals surface area contributed by atoms with Crippen LogP contribution in [-0.4, -0.2) is 32.7 Å². The van der Waals surface area contributed by atoms with E-state index in [2.05, 4.69) is 58.2 Å². The summed E-state index contributed by atoms with van der Waals surface area (Å²) < 4.78 is 1.57. The highest BCUT2D eigenvalue weighted by Crippen LogP contribution is 2.17. The zero-order chi connectivity index (χ0) is 18.5. The summed E-state index contributed by atoms with van der Waals surface area (Å²) in [5.41, 5.74) is 5.29. The number of rotatable bonds is 6. The Morgan fingerprint density at radius 3 is 2.54 bits per heavy atom. The van der Waals surface area contributed by atoms with Gasteiger partial charge in [-0.3, -0.25) is 4.79 Å². The molecule has 7 heteroatoms. The number of tetrazole rings is 1. The fourth-order valence-electron chi connectivity index (χ4n) is 2.60. The lowest BCUT2D eigenvalue weighted by atomic mass is 10.0. The largest absolute Gasteiger partial charge is 0.376 e. The van der Waals surface area contributed by atoms with E-state index in [9.17, 15) is 4.79 Å². The first-order chi connectivity index (χ1) is 12.5. The molecule has 0 fully saturated rings. The number of aromatic nitrogens is 4. The number of carbonyl (C=O) groups excluding carboxylic acids is 1. The van der Waals surface area contributed by atoms with Crippen LogP contribution in [0, 0.1) is 13.8 Å². The van der Waals surface area contributed by atoms with Crippen molar-refractivity contribution in [3.63, 3.8) is 0 Å². The second-order valence-corrected chi connectivity index (χ2v) is 6.29. The SMILES string of the molecule is Cc1ccc(C(C)NC(=O)CNc2ccc(-n3cnnn3)cc2)cc1C. The first-order valence-corrected chi connectivity index (χ1v) is 8.47. The molecular weight excluding hydrogens is 328 g/mol. The van der Waals surface area contributed by atoms with Crippen LogP contribution < -0.4 is 10.6 Å². The molecular formula is C19H22N6O. The second-order valence-electron chi connectivity index (χ2n) is 6.29. The average Bonchev–Trinajstić information content (AvgIpc) is 3.17. The number of carbonyl (C=O) groups is 1. The molecule has 0 bridgehead atoms. The van der Waals surface area contributed by atoms with Gasteiger partial charge in [0.1, 0.15) is 6.33 Å². The predicted octanol–water partition coefficient (Wildman–Crippen LogP) is 2.57. The lowest BCUT2D eigenvalue weighted by Gasteiger charge is -2.16. The van der Waals surface area contributed by atoms with Gasteiger partial charge in [-0.2, -0.15) is 0 Å². The van der Waals surface area contributed by atoms with Crippen molar-refractivity contribution in [2.45, 2.75) is 26.8 Å². The molecule has 0 radical (unpaired) electrons. The van der Waals surface area contributed by atoms with Crippen LogP contribution in [0.2, 0.25) is 0 Å². The van der Waals surface area contributed by atoms with Crippen LogP contribution in [0.1, 0.15) is 29.7 Å². The van der Waals surface area contributed by atoms with Crippen molar-refractivity contribution in [2.24, 2.45) is 0 Å². The molecule has 0 saturated heterocycles. The van der Waals surface area contributed by atoms with Gasteiger partial charge in [-0.25, -0.2) is 4.68 Å². The molecule has 1 heterocycles. The van der Waals surface area contributed by atoms with Gasteiger partial charge in [-0.15, -0.1) is 5.10 Å². The molecule has 134 valence electrons. The highest BCUT2D eigenvalue weighted by Gasteiger charge is 2.10. The van der Waals surface area contributed by atoms with Crippen molar-refractivity contribution in [3.8, 4) is 5.69 Å². The number of anilines is 1. The lowest BCUT2D eigenvalue weighted by molar-refractivity contribution is -0.120. The third-order valence-electron chi connectivity index (χ3n) is 4.34. The van der Waals surface area contributed by atoms with Crippen LogP contribution in [0.3, 0.4) is 0 Å². The third-order valence-corrected chi connectivity index (χ3v) is 4.34. The van der Waals surface area contributed by atoms with Crippen molar-refractivity contribution in [2.75, 3.05) is 11.9 Å². The Labute approximate surface area is 152 Å². The summed E-state index contributed by atoms with van der Waals surface area (Å²) in [5.74, 6) is -0.0553. The van der Waals surface area contributed by atoms with E-state index in [0.717, 1.165) is 16.9 Å². The molecule has 0 aliphatic carbocycles. The van der Waals surface area contributed by atoms with Gasteiger partial charge in [-0.1, -0.05) is 18.2 Å². The van der Waals surface area contributed by atoms with Gasteiger partial charge in [0.2, 0.25) is 5.91 Å². The van der Waals surface area contributed by atoms with E-state index in [1.807, 2.05) is 31.2 Å². The normalized spacial score (nSPS) is 11.8. The fourth-order valence-corrected chi connectivity index (χ4v) is 2.60. The zero-order valence-electron chi connectivity index (χ0n) is 15.1. The van der Waals surface area contributed by atoms with Gasteiger partial charge in [-0.05, 0) is 72.2 Å². The Kier molecular flexibility index (Phi) is 5.26. The number of hydrogen-bond acceptors (Lipinski definition) is 5. The molecule has 1 atom stereocenters. The summed E-state index contributed by atoms with van der Waals surface area (Å²) in [4.78, 5) is 12.2. The monoisotopic (exact) mass is 350 g/mol. The fraction of sp³-hybridized carbons (Fsp3) is 0.263. The average molecular weight is 350 g/mol. The van der Waals surface area contributed by atoms with E-state index in [0.29, 0.717) is 0 Å². The summed E-state index contributed by atoms with van der Waals surface area (Å²) in [6.07, 6.45) is 1.53. The molecule has 0 aliphatic heterocycles. The van der Waals surface area contributed by atoms with E-state index in [-0.39, 0.29) is 18.5 Å². The number of nitrogens with one attached hydrogen (secondary N) is 2. The summed E-state index contributed by atoms with van der Waals surface area (Å²) in [7, 11) is 0. The predicted molar refractivity (Wildman–Crippen MR) is 100 cm³/mol. The third kappa shape index (κ3) is 4.24. The van der Waals surface area contributed by atoms with Gasteiger partial charge in [0, 0.05) is 5.69 Å². The molecule has 2 N–H and O–H groups in total. The number of nitrogens with zero attached hydrogens (tertiary/aromatic N) is 4. The van der Waals surface area contributed by atoms with E-state index >= 15 is 0 Å². The molecule has 0 spiro atoms. The Hall–Kier alpha value is -3.22. The van der Waals surface area contributed by atoms with Crippen LogP contribution in [0.5, 0.6) is 0 Å². The smallest absolute Gasteiger partial charge is 0.239 e. The molecule has 2 aromatic carbocycles. The maximum absolute atomic E-state index is 12.2. The number of benzene rings is 2. The topological polar surface area (TPSA) is 84.7 Å². The standard InChI is InChI=1S/C19H22N6O/c1-13-4-5-16(10-14(13)2)15(3)22-19(26)11-20-17-6-8-18(9-7-17)25-12-21-23-24-25/h4-10,12,15,20H,11H2,1-3H3,(H,22,26). The quantitative estimate of drug-likeness (QED) is 0.714. The van der Waals surface area contributed by atoms with Crippen molar-refractivity contribution >= 4 is 11.6 Å². The summed E-state index contributed by atoms with van der Waals surface area (Å²) in [5, 5.41) is 17.2. The van der Waals surface area contributed by atoms with E-state index in [1.54, 1.807) is 4.68 Å². The van der Waals surface area contributed by atoms with Gasteiger partial charge in [0.15, 0.2) is 0 Å². The Morgan fingerprint density at radius 1 is 1.12 bits per heavy atom. The molecule has 1 unspecified atom stereocenters. The minimum atomic E-state index is -0.0553. The van der Waals surface area contributed by atoms with Crippen LogP contribution in [0.25, 0.3) is 5.69 Å². The van der Waals surface area contributed by atoms with Crippen molar-refractivity contribution in [1.82, 2.24) is 25.5 Å². The summed E-state index contributed by atoms with van der Waals surface area (Å²) in [6.45, 7) is 6.35. The molecule has 1 amide bonds. The maximum atomic E-state index is 12.2. The Bertz CT molecular complexity index is 874.